The van der Waals surface area contributed by atoms with Gasteiger partial charge in [-0.2, -0.15) is 0 Å². The average molecular weight is 359 g/mol. The summed E-state index contributed by atoms with van der Waals surface area (Å²) in [5.74, 6) is 2.01. The molecule has 0 bridgehead atoms. The monoisotopic (exact) mass is 358 g/mol. The summed E-state index contributed by atoms with van der Waals surface area (Å²) in [5, 5.41) is 1.45. The molecule has 2 N–H and O–H groups in total. The average Bonchev–Trinajstić information content (AvgIpc) is 3.13. The van der Waals surface area contributed by atoms with Gasteiger partial charge in [0.2, 0.25) is 0 Å². The first-order chi connectivity index (χ1) is 11.7. The number of nitrogens with one attached hydrogen (secondary N) is 2. The molecule has 0 saturated heterocycles. The van der Waals surface area contributed by atoms with Gasteiger partial charge in [-0.3, -0.25) is 0 Å². The van der Waals surface area contributed by atoms with Gasteiger partial charge in [-0.15, -0.1) is 0 Å². The molecule has 6 heteroatoms. The smallest absolute Gasteiger partial charge is 0.107 e. The molecular formula is C18H16Cl2N4. The number of aromatic nitrogens is 4. The number of hydrogen-bond acceptors (Lipinski definition) is 2. The number of aryl methyl sites for hydroxylation is 2. The highest BCUT2D eigenvalue weighted by Crippen LogP contribution is 2.19. The molecule has 0 radical (unpaired) electrons. The lowest BCUT2D eigenvalue weighted by Gasteiger charge is -1.97. The quantitative estimate of drug-likeness (QED) is 0.474. The van der Waals surface area contributed by atoms with E-state index in [0.29, 0.717) is 0 Å². The molecule has 4 aromatic rings. The van der Waals surface area contributed by atoms with E-state index in [-0.39, 0.29) is 0 Å². The maximum Gasteiger partial charge on any atom is 0.107 e. The molecule has 0 aliphatic carbocycles. The van der Waals surface area contributed by atoms with E-state index in [4.69, 9.17) is 23.2 Å². The normalized spacial score (nSPS) is 11.6. The Morgan fingerprint density at radius 3 is 1.62 bits per heavy atom. The standard InChI is InChI=1S/C18H16Cl2N4/c19-11-5-7-13-15(9-11)23-17(21-13)3-1-2-4-18-22-14-8-6-12(20)10-16(14)24-18/h5-10H,1-4H2,(H,21,23)(H,22,24). The third-order valence-corrected chi connectivity index (χ3v) is 4.53. The molecule has 0 unspecified atom stereocenters. The summed E-state index contributed by atoms with van der Waals surface area (Å²) in [6, 6.07) is 11.4. The number of aromatic amines is 2. The third-order valence-electron chi connectivity index (χ3n) is 4.06. The lowest BCUT2D eigenvalue weighted by atomic mass is 10.2. The molecule has 24 heavy (non-hydrogen) atoms. The van der Waals surface area contributed by atoms with E-state index in [0.717, 1.165) is 69.4 Å². The molecule has 0 spiro atoms. The Bertz CT molecular complexity index is 921. The Morgan fingerprint density at radius 1 is 0.708 bits per heavy atom. The van der Waals surface area contributed by atoms with Crippen LogP contribution in [0.2, 0.25) is 10.0 Å². The van der Waals surface area contributed by atoms with Gasteiger partial charge in [-0.1, -0.05) is 23.2 Å². The highest BCUT2D eigenvalue weighted by atomic mass is 35.5. The zero-order chi connectivity index (χ0) is 16.5. The van der Waals surface area contributed by atoms with Crippen LogP contribution in [-0.2, 0) is 12.8 Å². The van der Waals surface area contributed by atoms with Crippen molar-refractivity contribution in [2.75, 3.05) is 0 Å². The number of fused-ring (bicyclic) bond motifs is 2. The van der Waals surface area contributed by atoms with Crippen molar-refractivity contribution in [3.05, 3.63) is 58.1 Å². The van der Waals surface area contributed by atoms with Crippen molar-refractivity contribution in [2.24, 2.45) is 0 Å². The number of benzene rings is 2. The second-order valence-electron chi connectivity index (χ2n) is 5.90. The molecule has 2 heterocycles. The molecule has 2 aromatic heterocycles. The van der Waals surface area contributed by atoms with Gasteiger partial charge in [-0.05, 0) is 49.2 Å². The molecule has 0 atom stereocenters. The molecule has 122 valence electrons. The number of imidazole rings is 2. The summed E-state index contributed by atoms with van der Waals surface area (Å²) in [5.41, 5.74) is 3.91. The topological polar surface area (TPSA) is 57.4 Å². The van der Waals surface area contributed by atoms with Crippen molar-refractivity contribution >= 4 is 45.3 Å². The lowest BCUT2D eigenvalue weighted by molar-refractivity contribution is 0.698. The van der Waals surface area contributed by atoms with Gasteiger partial charge in [0.25, 0.3) is 0 Å². The van der Waals surface area contributed by atoms with Gasteiger partial charge in [-0.25, -0.2) is 9.97 Å². The van der Waals surface area contributed by atoms with Gasteiger partial charge in [0.1, 0.15) is 11.6 Å². The molecule has 0 saturated carbocycles. The zero-order valence-corrected chi connectivity index (χ0v) is 14.5. The molecule has 2 aromatic carbocycles. The number of nitrogens with zero attached hydrogens (tertiary/aromatic N) is 2. The van der Waals surface area contributed by atoms with Gasteiger partial charge in [0, 0.05) is 22.9 Å². The predicted molar refractivity (Wildman–Crippen MR) is 98.8 cm³/mol. The van der Waals surface area contributed by atoms with Gasteiger partial charge < -0.3 is 9.97 Å². The Hall–Kier alpha value is -2.04. The van der Waals surface area contributed by atoms with Crippen LogP contribution in [0.3, 0.4) is 0 Å². The van der Waals surface area contributed by atoms with Crippen molar-refractivity contribution in [2.45, 2.75) is 25.7 Å². The molecule has 0 aliphatic heterocycles. The fourth-order valence-electron chi connectivity index (χ4n) is 2.89. The van der Waals surface area contributed by atoms with Gasteiger partial charge >= 0.3 is 0 Å². The molecule has 0 aliphatic rings. The van der Waals surface area contributed by atoms with Gasteiger partial charge in [0.15, 0.2) is 0 Å². The number of H-pyrrole nitrogens is 2. The Morgan fingerprint density at radius 2 is 1.17 bits per heavy atom. The van der Waals surface area contributed by atoms with Crippen molar-refractivity contribution in [1.82, 2.24) is 19.9 Å². The molecular weight excluding hydrogens is 343 g/mol. The summed E-state index contributed by atoms with van der Waals surface area (Å²) in [6.07, 6.45) is 3.92. The van der Waals surface area contributed by atoms with Crippen LogP contribution in [0.5, 0.6) is 0 Å². The minimum absolute atomic E-state index is 0.725. The van der Waals surface area contributed by atoms with Crippen LogP contribution < -0.4 is 0 Å². The molecule has 0 amide bonds. The number of unbranched alkanes of at least 4 members (excludes halogenated alkanes) is 1. The summed E-state index contributed by atoms with van der Waals surface area (Å²) in [7, 11) is 0. The van der Waals surface area contributed by atoms with Crippen molar-refractivity contribution in [3.8, 4) is 0 Å². The fourth-order valence-corrected chi connectivity index (χ4v) is 3.24. The van der Waals surface area contributed by atoms with E-state index in [1.54, 1.807) is 0 Å². The van der Waals surface area contributed by atoms with E-state index in [2.05, 4.69) is 19.9 Å². The number of halogens is 2. The summed E-state index contributed by atoms with van der Waals surface area (Å²) < 4.78 is 0. The van der Waals surface area contributed by atoms with Crippen LogP contribution in [0.1, 0.15) is 24.5 Å². The van der Waals surface area contributed by atoms with E-state index in [9.17, 15) is 0 Å². The highest BCUT2D eigenvalue weighted by Gasteiger charge is 2.05. The van der Waals surface area contributed by atoms with Crippen LogP contribution in [0.4, 0.5) is 0 Å². The first kappa shape index (κ1) is 15.5. The maximum absolute atomic E-state index is 6.00. The SMILES string of the molecule is Clc1ccc2nc(CCCCc3nc4ccc(Cl)cc4[nH]3)[nH]c2c1. The van der Waals surface area contributed by atoms with Crippen LogP contribution in [0.15, 0.2) is 36.4 Å². The molecule has 0 fully saturated rings. The van der Waals surface area contributed by atoms with Crippen LogP contribution in [0.25, 0.3) is 22.1 Å². The maximum atomic E-state index is 6.00. The summed E-state index contributed by atoms with van der Waals surface area (Å²) >= 11 is 12.0. The van der Waals surface area contributed by atoms with Crippen molar-refractivity contribution in [3.63, 3.8) is 0 Å². The second-order valence-corrected chi connectivity index (χ2v) is 6.77. The molecule has 4 nitrogen and oxygen atoms in total. The zero-order valence-electron chi connectivity index (χ0n) is 12.9. The Labute approximate surface area is 149 Å². The summed E-state index contributed by atoms with van der Waals surface area (Å²) in [6.45, 7) is 0. The van der Waals surface area contributed by atoms with Crippen LogP contribution in [-0.4, -0.2) is 19.9 Å². The minimum atomic E-state index is 0.725. The summed E-state index contributed by atoms with van der Waals surface area (Å²) in [4.78, 5) is 15.8. The minimum Gasteiger partial charge on any atom is -0.342 e. The van der Waals surface area contributed by atoms with Crippen LogP contribution in [0, 0.1) is 0 Å². The van der Waals surface area contributed by atoms with Crippen molar-refractivity contribution in [1.29, 1.82) is 0 Å². The second kappa shape index (κ2) is 6.46. The lowest BCUT2D eigenvalue weighted by Crippen LogP contribution is -1.92. The Kier molecular flexibility index (Phi) is 4.17. The van der Waals surface area contributed by atoms with Crippen LogP contribution >= 0.6 is 23.2 Å². The Balaban J connectivity index is 1.36. The number of rotatable bonds is 5. The largest absolute Gasteiger partial charge is 0.342 e. The molecule has 4 rings (SSSR count). The third kappa shape index (κ3) is 3.25. The fraction of sp³-hybridized carbons (Fsp3) is 0.222. The van der Waals surface area contributed by atoms with E-state index in [1.165, 1.54) is 0 Å². The van der Waals surface area contributed by atoms with Crippen molar-refractivity contribution < 1.29 is 0 Å². The highest BCUT2D eigenvalue weighted by molar-refractivity contribution is 6.31. The first-order valence-corrected chi connectivity index (χ1v) is 8.71. The van der Waals surface area contributed by atoms with Gasteiger partial charge in [0.05, 0.1) is 22.1 Å². The van der Waals surface area contributed by atoms with E-state index in [1.807, 2.05) is 36.4 Å². The van der Waals surface area contributed by atoms with E-state index >= 15 is 0 Å². The predicted octanol–water partition coefficient (Wildman–Crippen LogP) is 5.31. The number of hydrogen-bond donors (Lipinski definition) is 2. The first-order valence-electron chi connectivity index (χ1n) is 7.96. The van der Waals surface area contributed by atoms with E-state index < -0.39 is 0 Å².